The molecule has 2 heterocycles. The molecule has 0 N–H and O–H groups in total. The standard InChI is InChI=1S/C18H29N3O/c1-13-11-20(16-6-5-7-16)8-9-21(12-13)18(22)17-10-14(2)19(4)15(17)3/h10,13,16H,5-9,11-12H2,1-4H3. The van der Waals surface area contributed by atoms with E-state index in [4.69, 9.17) is 0 Å². The summed E-state index contributed by atoms with van der Waals surface area (Å²) >= 11 is 0. The third-order valence-corrected chi connectivity index (χ3v) is 5.62. The summed E-state index contributed by atoms with van der Waals surface area (Å²) in [5.74, 6) is 0.765. The number of hydrogen-bond acceptors (Lipinski definition) is 2. The number of rotatable bonds is 2. The third kappa shape index (κ3) is 2.81. The second kappa shape index (κ2) is 6.07. The van der Waals surface area contributed by atoms with Gasteiger partial charge >= 0.3 is 0 Å². The van der Waals surface area contributed by atoms with Crippen LogP contribution in [0.5, 0.6) is 0 Å². The fraction of sp³-hybridized carbons (Fsp3) is 0.722. The molecule has 1 aromatic heterocycles. The van der Waals surface area contributed by atoms with E-state index in [1.807, 2.05) is 20.0 Å². The Morgan fingerprint density at radius 2 is 1.91 bits per heavy atom. The molecule has 1 amide bonds. The van der Waals surface area contributed by atoms with E-state index in [9.17, 15) is 4.79 Å². The summed E-state index contributed by atoms with van der Waals surface area (Å²) in [5.41, 5.74) is 3.11. The molecular weight excluding hydrogens is 274 g/mol. The zero-order chi connectivity index (χ0) is 15.9. The van der Waals surface area contributed by atoms with Crippen LogP contribution < -0.4 is 0 Å². The van der Waals surface area contributed by atoms with Gasteiger partial charge in [-0.25, -0.2) is 0 Å². The first-order chi connectivity index (χ1) is 10.5. The Bertz CT molecular complexity index is 559. The number of carbonyl (C=O) groups excluding carboxylic acids is 1. The van der Waals surface area contributed by atoms with Crippen LogP contribution in [-0.2, 0) is 7.05 Å². The van der Waals surface area contributed by atoms with Crippen LogP contribution in [0.2, 0.25) is 0 Å². The number of aromatic nitrogens is 1. The van der Waals surface area contributed by atoms with Crippen molar-refractivity contribution in [1.82, 2.24) is 14.4 Å². The summed E-state index contributed by atoms with van der Waals surface area (Å²) in [6, 6.07) is 2.81. The van der Waals surface area contributed by atoms with E-state index < -0.39 is 0 Å². The highest BCUT2D eigenvalue weighted by molar-refractivity contribution is 5.95. The lowest BCUT2D eigenvalue weighted by Crippen LogP contribution is -2.43. The molecule has 1 saturated carbocycles. The summed E-state index contributed by atoms with van der Waals surface area (Å²) in [5, 5.41) is 0. The maximum atomic E-state index is 12.9. The van der Waals surface area contributed by atoms with Gasteiger partial charge in [-0.1, -0.05) is 13.3 Å². The molecular formula is C18H29N3O. The minimum atomic E-state index is 0.212. The van der Waals surface area contributed by atoms with Gasteiger partial charge in [0.1, 0.15) is 0 Å². The Kier molecular flexibility index (Phi) is 4.31. The molecule has 4 nitrogen and oxygen atoms in total. The van der Waals surface area contributed by atoms with E-state index in [1.54, 1.807) is 0 Å². The van der Waals surface area contributed by atoms with Gasteiger partial charge in [0.2, 0.25) is 0 Å². The van der Waals surface area contributed by atoms with Crippen molar-refractivity contribution < 1.29 is 4.79 Å². The summed E-state index contributed by atoms with van der Waals surface area (Å²) in [6.07, 6.45) is 4.07. The van der Waals surface area contributed by atoms with Crippen molar-refractivity contribution in [1.29, 1.82) is 0 Å². The van der Waals surface area contributed by atoms with E-state index in [0.29, 0.717) is 5.92 Å². The van der Waals surface area contributed by atoms with Crippen LogP contribution in [0.25, 0.3) is 0 Å². The van der Waals surface area contributed by atoms with Crippen molar-refractivity contribution in [3.63, 3.8) is 0 Å². The van der Waals surface area contributed by atoms with Crippen LogP contribution in [0.1, 0.15) is 47.9 Å². The largest absolute Gasteiger partial charge is 0.351 e. The van der Waals surface area contributed by atoms with E-state index in [-0.39, 0.29) is 5.91 Å². The molecule has 3 rings (SSSR count). The Hall–Kier alpha value is -1.29. The van der Waals surface area contributed by atoms with Gasteiger partial charge in [-0.2, -0.15) is 0 Å². The zero-order valence-electron chi connectivity index (χ0n) is 14.4. The Morgan fingerprint density at radius 3 is 2.45 bits per heavy atom. The molecule has 1 aliphatic heterocycles. The second-order valence-electron chi connectivity index (χ2n) is 7.28. The monoisotopic (exact) mass is 303 g/mol. The average Bonchev–Trinajstić information content (AvgIpc) is 2.60. The quantitative estimate of drug-likeness (QED) is 0.840. The van der Waals surface area contributed by atoms with Gasteiger partial charge in [0.05, 0.1) is 5.56 Å². The van der Waals surface area contributed by atoms with Crippen molar-refractivity contribution in [2.24, 2.45) is 13.0 Å². The minimum Gasteiger partial charge on any atom is -0.351 e. The van der Waals surface area contributed by atoms with Crippen LogP contribution in [0.4, 0.5) is 0 Å². The summed E-state index contributed by atoms with van der Waals surface area (Å²) in [6.45, 7) is 10.3. The zero-order valence-corrected chi connectivity index (χ0v) is 14.4. The lowest BCUT2D eigenvalue weighted by molar-refractivity contribution is 0.0742. The van der Waals surface area contributed by atoms with Crippen LogP contribution in [0.3, 0.4) is 0 Å². The van der Waals surface area contributed by atoms with Crippen molar-refractivity contribution >= 4 is 5.91 Å². The van der Waals surface area contributed by atoms with E-state index in [1.165, 1.54) is 19.3 Å². The third-order valence-electron chi connectivity index (χ3n) is 5.62. The molecule has 1 unspecified atom stereocenters. The van der Waals surface area contributed by atoms with E-state index in [0.717, 1.165) is 49.2 Å². The van der Waals surface area contributed by atoms with Gasteiger partial charge in [0, 0.05) is 50.7 Å². The maximum absolute atomic E-state index is 12.9. The molecule has 0 aromatic carbocycles. The van der Waals surface area contributed by atoms with Crippen LogP contribution in [-0.4, -0.2) is 52.5 Å². The number of nitrogens with zero attached hydrogens (tertiary/aromatic N) is 3. The first-order valence-electron chi connectivity index (χ1n) is 8.63. The Balaban J connectivity index is 1.73. The molecule has 1 aromatic rings. The van der Waals surface area contributed by atoms with E-state index >= 15 is 0 Å². The fourth-order valence-electron chi connectivity index (χ4n) is 3.78. The molecule has 0 bridgehead atoms. The number of hydrogen-bond donors (Lipinski definition) is 0. The highest BCUT2D eigenvalue weighted by Crippen LogP contribution is 2.27. The minimum absolute atomic E-state index is 0.212. The highest BCUT2D eigenvalue weighted by Gasteiger charge is 2.31. The Morgan fingerprint density at radius 1 is 1.18 bits per heavy atom. The Labute approximate surface area is 134 Å². The van der Waals surface area contributed by atoms with E-state index in [2.05, 4.69) is 28.2 Å². The van der Waals surface area contributed by atoms with Gasteiger partial charge in [0.15, 0.2) is 0 Å². The fourth-order valence-corrected chi connectivity index (χ4v) is 3.78. The van der Waals surface area contributed by atoms with Crippen LogP contribution >= 0.6 is 0 Å². The van der Waals surface area contributed by atoms with Gasteiger partial charge < -0.3 is 9.47 Å². The summed E-state index contributed by atoms with van der Waals surface area (Å²) in [7, 11) is 2.03. The smallest absolute Gasteiger partial charge is 0.255 e. The topological polar surface area (TPSA) is 28.5 Å². The van der Waals surface area contributed by atoms with Gasteiger partial charge in [-0.15, -0.1) is 0 Å². The average molecular weight is 303 g/mol. The molecule has 122 valence electrons. The number of aryl methyl sites for hydroxylation is 1. The van der Waals surface area contributed by atoms with Crippen molar-refractivity contribution in [2.45, 2.75) is 46.1 Å². The number of carbonyl (C=O) groups is 1. The predicted octanol–water partition coefficient (Wildman–Crippen LogP) is 2.59. The molecule has 0 radical (unpaired) electrons. The SMILES string of the molecule is Cc1cc(C(=O)N2CCN(C3CCC3)CC(C)C2)c(C)n1C. The molecule has 0 spiro atoms. The molecule has 2 fully saturated rings. The summed E-state index contributed by atoms with van der Waals surface area (Å²) < 4.78 is 2.11. The summed E-state index contributed by atoms with van der Waals surface area (Å²) in [4.78, 5) is 17.6. The lowest BCUT2D eigenvalue weighted by Gasteiger charge is -2.37. The molecule has 1 aliphatic carbocycles. The van der Waals surface area contributed by atoms with Gasteiger partial charge in [0.25, 0.3) is 5.91 Å². The lowest BCUT2D eigenvalue weighted by atomic mass is 9.91. The molecule has 22 heavy (non-hydrogen) atoms. The van der Waals surface area contributed by atoms with Gasteiger partial charge in [-0.3, -0.25) is 9.69 Å². The van der Waals surface area contributed by atoms with Gasteiger partial charge in [-0.05, 0) is 38.7 Å². The first-order valence-corrected chi connectivity index (χ1v) is 8.63. The highest BCUT2D eigenvalue weighted by atomic mass is 16.2. The first kappa shape index (κ1) is 15.6. The molecule has 1 saturated heterocycles. The molecule has 1 atom stereocenters. The number of amides is 1. The van der Waals surface area contributed by atoms with Crippen LogP contribution in [0.15, 0.2) is 6.07 Å². The van der Waals surface area contributed by atoms with Crippen molar-refractivity contribution in [3.8, 4) is 0 Å². The molecule has 4 heteroatoms. The normalized spacial score (nSPS) is 24.2. The predicted molar refractivity (Wildman–Crippen MR) is 89.2 cm³/mol. The van der Waals surface area contributed by atoms with Crippen molar-refractivity contribution in [2.75, 3.05) is 26.2 Å². The second-order valence-corrected chi connectivity index (χ2v) is 7.28. The van der Waals surface area contributed by atoms with Crippen molar-refractivity contribution in [3.05, 3.63) is 23.0 Å². The maximum Gasteiger partial charge on any atom is 0.255 e. The molecule has 2 aliphatic rings. The van der Waals surface area contributed by atoms with Crippen LogP contribution in [0, 0.1) is 19.8 Å².